The van der Waals surface area contributed by atoms with Crippen LogP contribution in [0.1, 0.15) is 30.0 Å². The third kappa shape index (κ3) is 5.32. The second-order valence-electron chi connectivity index (χ2n) is 8.27. The lowest BCUT2D eigenvalue weighted by Crippen LogP contribution is -2.25. The number of carbonyl (C=O) groups excluding carboxylic acids is 2. The zero-order valence-electron chi connectivity index (χ0n) is 18.7. The van der Waals surface area contributed by atoms with Crippen LogP contribution in [0, 0.1) is 11.6 Å². The summed E-state index contributed by atoms with van der Waals surface area (Å²) in [6, 6.07) is 18.6. The molecule has 2 amide bonds. The largest absolute Gasteiger partial charge is 0.326 e. The maximum absolute atomic E-state index is 13.5. The van der Waals surface area contributed by atoms with Gasteiger partial charge in [0, 0.05) is 23.6 Å². The van der Waals surface area contributed by atoms with Gasteiger partial charge in [0.05, 0.1) is 11.8 Å². The number of benzene rings is 3. The van der Waals surface area contributed by atoms with Crippen molar-refractivity contribution in [1.82, 2.24) is 5.01 Å². The molecule has 0 bridgehead atoms. The molecule has 182 valence electrons. The molecule has 2 aliphatic rings. The maximum Gasteiger partial charge on any atom is 0.262 e. The predicted octanol–water partition coefficient (Wildman–Crippen LogP) is 5.80. The molecule has 2 aliphatic heterocycles. The van der Waals surface area contributed by atoms with E-state index >= 15 is 0 Å². The number of nitrogens with zero attached hydrogens (tertiary/aromatic N) is 3. The molecule has 5 rings (SSSR count). The van der Waals surface area contributed by atoms with Crippen LogP contribution in [0.15, 0.2) is 82.9 Å². The molecule has 0 saturated heterocycles. The van der Waals surface area contributed by atoms with Crippen LogP contribution in [0.5, 0.6) is 0 Å². The van der Waals surface area contributed by atoms with Crippen LogP contribution in [0.25, 0.3) is 0 Å². The van der Waals surface area contributed by atoms with Crippen molar-refractivity contribution in [2.24, 2.45) is 10.1 Å². The number of hydrogen-bond acceptors (Lipinski definition) is 5. The molecule has 36 heavy (non-hydrogen) atoms. The van der Waals surface area contributed by atoms with E-state index in [4.69, 9.17) is 16.7 Å². The summed E-state index contributed by atoms with van der Waals surface area (Å²) in [6.07, 6.45) is 0.363. The van der Waals surface area contributed by atoms with Gasteiger partial charge in [-0.2, -0.15) is 10.1 Å². The molecule has 0 fully saturated rings. The number of amidine groups is 1. The smallest absolute Gasteiger partial charge is 0.262 e. The number of nitrogens with one attached hydrogen (secondary N) is 1. The van der Waals surface area contributed by atoms with E-state index in [0.29, 0.717) is 28.0 Å². The molecule has 0 saturated carbocycles. The molecule has 3 aromatic rings. The first-order valence-electron chi connectivity index (χ1n) is 11.1. The molecule has 10 heteroatoms. The number of hydrazone groups is 1. The fraction of sp³-hybridized carbons (Fsp3) is 0.154. The molecule has 3 aromatic carbocycles. The van der Waals surface area contributed by atoms with Crippen LogP contribution in [0.3, 0.4) is 0 Å². The van der Waals surface area contributed by atoms with Crippen molar-refractivity contribution in [2.45, 2.75) is 24.1 Å². The van der Waals surface area contributed by atoms with Crippen molar-refractivity contribution in [2.75, 3.05) is 5.32 Å². The lowest BCUT2D eigenvalue weighted by atomic mass is 9.98. The quantitative estimate of drug-likeness (QED) is 0.458. The predicted molar refractivity (Wildman–Crippen MR) is 137 cm³/mol. The van der Waals surface area contributed by atoms with Crippen LogP contribution in [-0.2, 0) is 9.59 Å². The summed E-state index contributed by atoms with van der Waals surface area (Å²) in [5.74, 6) is -1.69. The minimum atomic E-state index is -0.737. The molecule has 0 spiro atoms. The Morgan fingerprint density at radius 1 is 1.06 bits per heavy atom. The van der Waals surface area contributed by atoms with Crippen molar-refractivity contribution < 1.29 is 18.4 Å². The van der Waals surface area contributed by atoms with Gasteiger partial charge in [0.1, 0.15) is 16.9 Å². The molecule has 1 N–H and O–H groups in total. The van der Waals surface area contributed by atoms with Crippen LogP contribution in [0.2, 0.25) is 5.02 Å². The molecule has 0 radical (unpaired) electrons. The Morgan fingerprint density at radius 3 is 2.58 bits per heavy atom. The Morgan fingerprint density at radius 2 is 1.83 bits per heavy atom. The third-order valence-electron chi connectivity index (χ3n) is 5.73. The van der Waals surface area contributed by atoms with E-state index in [9.17, 15) is 18.4 Å². The number of anilines is 1. The number of hydrogen-bond donors (Lipinski definition) is 1. The standard InChI is InChI=1S/C26H19ClF2N4O2S/c27-17-4-1-3-16(11-17)22-13-21(15-7-9-18(28)10-8-15)32-33(22)26-31-25(35)23(36-26)14-24(34)30-20-6-2-5-19(29)12-20/h1-12,22-23H,13-14H2,(H,30,34)/t22-,23-/m0/s1. The van der Waals surface area contributed by atoms with E-state index in [0.717, 1.165) is 22.9 Å². The number of carbonyl (C=O) groups is 2. The Kier molecular flexibility index (Phi) is 6.84. The van der Waals surface area contributed by atoms with Gasteiger partial charge < -0.3 is 5.32 Å². The van der Waals surface area contributed by atoms with Gasteiger partial charge in [0.2, 0.25) is 5.91 Å². The second-order valence-corrected chi connectivity index (χ2v) is 9.88. The SMILES string of the molecule is O=C(C[C@@H]1SC(N2N=C(c3ccc(F)cc3)C[C@H]2c2cccc(Cl)c2)=NC1=O)Nc1cccc(F)c1. The van der Waals surface area contributed by atoms with Gasteiger partial charge in [-0.3, -0.25) is 9.59 Å². The van der Waals surface area contributed by atoms with Gasteiger partial charge in [-0.15, -0.1) is 0 Å². The molecule has 0 aliphatic carbocycles. The van der Waals surface area contributed by atoms with Crippen molar-refractivity contribution in [3.63, 3.8) is 0 Å². The number of halogens is 3. The zero-order valence-corrected chi connectivity index (χ0v) is 20.3. The Labute approximate surface area is 215 Å². The van der Waals surface area contributed by atoms with Crippen LogP contribution < -0.4 is 5.32 Å². The minimum Gasteiger partial charge on any atom is -0.326 e. The lowest BCUT2D eigenvalue weighted by molar-refractivity contribution is -0.121. The van der Waals surface area contributed by atoms with Gasteiger partial charge in [-0.25, -0.2) is 13.8 Å². The first-order valence-corrected chi connectivity index (χ1v) is 12.3. The van der Waals surface area contributed by atoms with E-state index in [2.05, 4.69) is 10.3 Å². The average molecular weight is 525 g/mol. The van der Waals surface area contributed by atoms with E-state index in [1.807, 2.05) is 18.2 Å². The van der Waals surface area contributed by atoms with Crippen molar-refractivity contribution in [3.05, 3.63) is 101 Å². The molecule has 2 atom stereocenters. The van der Waals surface area contributed by atoms with Gasteiger partial charge >= 0.3 is 0 Å². The molecule has 0 aromatic heterocycles. The normalized spacial score (nSPS) is 19.3. The Hall–Kier alpha value is -3.56. The van der Waals surface area contributed by atoms with Crippen LogP contribution >= 0.6 is 23.4 Å². The number of aliphatic imine (C=N–C) groups is 1. The van der Waals surface area contributed by atoms with E-state index in [1.165, 1.54) is 30.3 Å². The zero-order chi connectivity index (χ0) is 25.2. The van der Waals surface area contributed by atoms with Crippen molar-refractivity contribution in [1.29, 1.82) is 0 Å². The number of amides is 2. The fourth-order valence-electron chi connectivity index (χ4n) is 4.03. The highest BCUT2D eigenvalue weighted by Crippen LogP contribution is 2.39. The second kappa shape index (κ2) is 10.2. The van der Waals surface area contributed by atoms with Gasteiger partial charge in [-0.05, 0) is 53.6 Å². The fourth-order valence-corrected chi connectivity index (χ4v) is 5.29. The van der Waals surface area contributed by atoms with E-state index in [-0.39, 0.29) is 18.3 Å². The molecule has 6 nitrogen and oxygen atoms in total. The molecular weight excluding hydrogens is 506 g/mol. The first-order chi connectivity index (χ1) is 17.4. The molecule has 2 heterocycles. The van der Waals surface area contributed by atoms with E-state index in [1.54, 1.807) is 29.3 Å². The molecular formula is C26H19ClF2N4O2S. The minimum absolute atomic E-state index is 0.128. The van der Waals surface area contributed by atoms with Crippen LogP contribution in [-0.4, -0.2) is 33.0 Å². The number of thioether (sulfide) groups is 1. The maximum atomic E-state index is 13.5. The van der Waals surface area contributed by atoms with Gasteiger partial charge in [-0.1, -0.05) is 53.7 Å². The summed E-state index contributed by atoms with van der Waals surface area (Å²) in [6.45, 7) is 0. The lowest BCUT2D eigenvalue weighted by Gasteiger charge is -2.23. The summed E-state index contributed by atoms with van der Waals surface area (Å²) >= 11 is 7.38. The topological polar surface area (TPSA) is 74.1 Å². The van der Waals surface area contributed by atoms with Gasteiger partial charge in [0.15, 0.2) is 5.17 Å². The third-order valence-corrected chi connectivity index (χ3v) is 7.10. The highest BCUT2D eigenvalue weighted by molar-refractivity contribution is 8.15. The summed E-state index contributed by atoms with van der Waals surface area (Å²) in [5.41, 5.74) is 2.66. The summed E-state index contributed by atoms with van der Waals surface area (Å²) in [5, 5.41) is 9.18. The van der Waals surface area contributed by atoms with Crippen molar-refractivity contribution in [3.8, 4) is 0 Å². The number of rotatable bonds is 5. The van der Waals surface area contributed by atoms with Gasteiger partial charge in [0.25, 0.3) is 5.91 Å². The Balaban J connectivity index is 1.36. The average Bonchev–Trinajstić information content (AvgIpc) is 3.44. The van der Waals surface area contributed by atoms with Crippen LogP contribution in [0.4, 0.5) is 14.5 Å². The highest BCUT2D eigenvalue weighted by atomic mass is 35.5. The van der Waals surface area contributed by atoms with Crippen molar-refractivity contribution >= 4 is 51.7 Å². The summed E-state index contributed by atoms with van der Waals surface area (Å²) in [4.78, 5) is 29.4. The van der Waals surface area contributed by atoms with E-state index < -0.39 is 22.9 Å². The molecule has 0 unspecified atom stereocenters. The summed E-state index contributed by atoms with van der Waals surface area (Å²) in [7, 11) is 0. The first kappa shape index (κ1) is 24.1. The summed E-state index contributed by atoms with van der Waals surface area (Å²) < 4.78 is 26.9. The Bertz CT molecular complexity index is 1400. The monoisotopic (exact) mass is 524 g/mol. The highest BCUT2D eigenvalue weighted by Gasteiger charge is 2.39.